The van der Waals surface area contributed by atoms with E-state index in [0.29, 0.717) is 11.8 Å². The van der Waals surface area contributed by atoms with Gasteiger partial charge in [0.05, 0.1) is 30.2 Å². The highest BCUT2D eigenvalue weighted by Gasteiger charge is 2.23. The van der Waals surface area contributed by atoms with Gasteiger partial charge in [0.15, 0.2) is 0 Å². The van der Waals surface area contributed by atoms with Gasteiger partial charge in [-0.05, 0) is 81.5 Å². The molecule has 56 heavy (non-hydrogen) atoms. The predicted molar refractivity (Wildman–Crippen MR) is 261 cm³/mol. The van der Waals surface area contributed by atoms with Crippen LogP contribution in [0.25, 0.3) is 20.2 Å². The summed E-state index contributed by atoms with van der Waals surface area (Å²) in [5.74, 6) is 3.39. The molecule has 3 aromatic rings. The van der Waals surface area contributed by atoms with Gasteiger partial charge in [-0.25, -0.2) is 0 Å². The molecule has 0 N–H and O–H groups in total. The molecule has 0 aliphatic heterocycles. The maximum Gasteiger partial charge on any atom is 0.146 e. The van der Waals surface area contributed by atoms with Crippen LogP contribution < -0.4 is 9.47 Å². The van der Waals surface area contributed by atoms with Gasteiger partial charge in [0.2, 0.25) is 0 Å². The zero-order valence-corrected chi connectivity index (χ0v) is 41.5. The summed E-state index contributed by atoms with van der Waals surface area (Å²) in [6, 6.07) is 4.59. The number of thiophene rings is 2. The fourth-order valence-corrected chi connectivity index (χ4v) is 11.7. The molecule has 2 atom stereocenters. The average molecular weight is 941 g/mol. The van der Waals surface area contributed by atoms with Crippen LogP contribution in [0, 0.1) is 11.8 Å². The average Bonchev–Trinajstić information content (AvgIpc) is 3.78. The molecule has 0 saturated heterocycles. The molecule has 1 aromatic carbocycles. The van der Waals surface area contributed by atoms with E-state index >= 15 is 0 Å². The minimum Gasteiger partial charge on any atom is -0.491 e. The number of hydrogen-bond acceptors (Lipinski definition) is 4. The van der Waals surface area contributed by atoms with E-state index in [-0.39, 0.29) is 0 Å². The molecule has 0 radical (unpaired) electrons. The Bertz CT molecular complexity index is 1230. The first-order chi connectivity index (χ1) is 27.5. The van der Waals surface area contributed by atoms with Crippen LogP contribution in [0.3, 0.4) is 0 Å². The molecule has 0 saturated carbocycles. The van der Waals surface area contributed by atoms with Gasteiger partial charge in [-0.2, -0.15) is 0 Å². The topological polar surface area (TPSA) is 18.5 Å². The molecule has 6 heteroatoms. The highest BCUT2D eigenvalue weighted by molar-refractivity contribution is 9.11. The molecule has 0 bridgehead atoms. The smallest absolute Gasteiger partial charge is 0.146 e. The Morgan fingerprint density at radius 1 is 0.393 bits per heavy atom. The van der Waals surface area contributed by atoms with Gasteiger partial charge in [-0.15, -0.1) is 22.7 Å². The summed E-state index contributed by atoms with van der Waals surface area (Å²) < 4.78 is 18.9. The maximum atomic E-state index is 7.04. The van der Waals surface area contributed by atoms with Crippen molar-refractivity contribution in [2.45, 2.75) is 233 Å². The second kappa shape index (κ2) is 32.5. The molecule has 0 aliphatic carbocycles. The van der Waals surface area contributed by atoms with Crippen molar-refractivity contribution in [1.29, 1.82) is 0 Å². The quantitative estimate of drug-likeness (QED) is 0.0533. The largest absolute Gasteiger partial charge is 0.491 e. The first-order valence-corrected chi connectivity index (χ1v) is 27.3. The van der Waals surface area contributed by atoms with Crippen LogP contribution >= 0.6 is 54.5 Å². The second-order valence-electron chi connectivity index (χ2n) is 17.2. The van der Waals surface area contributed by atoms with Gasteiger partial charge < -0.3 is 9.47 Å². The van der Waals surface area contributed by atoms with Crippen molar-refractivity contribution in [3.8, 4) is 11.5 Å². The van der Waals surface area contributed by atoms with Crippen molar-refractivity contribution in [3.63, 3.8) is 0 Å². The van der Waals surface area contributed by atoms with Crippen molar-refractivity contribution >= 4 is 74.7 Å². The van der Waals surface area contributed by atoms with E-state index in [1.807, 2.05) is 22.7 Å². The van der Waals surface area contributed by atoms with Crippen LogP contribution in [0.4, 0.5) is 0 Å². The number of rotatable bonds is 38. The normalized spacial score (nSPS) is 13.0. The lowest BCUT2D eigenvalue weighted by Gasteiger charge is -2.21. The molecule has 3 rings (SSSR count). The Hall–Kier alpha value is -0.300. The summed E-state index contributed by atoms with van der Waals surface area (Å²) in [7, 11) is 0. The highest BCUT2D eigenvalue weighted by atomic mass is 79.9. The van der Waals surface area contributed by atoms with Gasteiger partial charge >= 0.3 is 0 Å². The molecule has 0 amide bonds. The lowest BCUT2D eigenvalue weighted by Crippen LogP contribution is -2.14. The first-order valence-electron chi connectivity index (χ1n) is 24.1. The fourth-order valence-electron chi connectivity index (χ4n) is 8.51. The van der Waals surface area contributed by atoms with Crippen LogP contribution in [0.1, 0.15) is 233 Å². The summed E-state index contributed by atoms with van der Waals surface area (Å²) in [5.41, 5.74) is 0. The zero-order valence-electron chi connectivity index (χ0n) is 36.7. The van der Waals surface area contributed by atoms with Crippen LogP contribution in [0.2, 0.25) is 0 Å². The first kappa shape index (κ1) is 50.1. The summed E-state index contributed by atoms with van der Waals surface area (Å²) in [4.78, 5) is 0. The molecule has 0 aliphatic rings. The van der Waals surface area contributed by atoms with Crippen LogP contribution in [-0.2, 0) is 0 Å². The SMILES string of the molecule is CCCCCCCCCCC(CCCCCCCC)COc1c2cc(Br)sc2c(OCC(CCCCCCCC)CCCCCCCCCC)c2cc(Br)sc12. The third kappa shape index (κ3) is 20.3. The molecule has 2 heterocycles. The van der Waals surface area contributed by atoms with E-state index in [4.69, 9.17) is 9.47 Å². The third-order valence-corrected chi connectivity index (χ3v) is 15.4. The Balaban J connectivity index is 1.71. The number of fused-ring (bicyclic) bond motifs is 2. The van der Waals surface area contributed by atoms with E-state index < -0.39 is 0 Å². The van der Waals surface area contributed by atoms with Gasteiger partial charge in [-0.1, -0.05) is 207 Å². The molecular formula is C50H84Br2O2S2. The van der Waals surface area contributed by atoms with Gasteiger partial charge in [0.1, 0.15) is 11.5 Å². The lowest BCUT2D eigenvalue weighted by atomic mass is 9.94. The molecule has 322 valence electrons. The monoisotopic (exact) mass is 938 g/mol. The summed E-state index contributed by atoms with van der Waals surface area (Å²) >= 11 is 11.4. The molecular weight excluding hydrogens is 856 g/mol. The van der Waals surface area contributed by atoms with Gasteiger partial charge in [-0.3, -0.25) is 0 Å². The Labute approximate surface area is 371 Å². The number of hydrogen-bond donors (Lipinski definition) is 0. The van der Waals surface area contributed by atoms with E-state index in [1.54, 1.807) is 0 Å². The lowest BCUT2D eigenvalue weighted by molar-refractivity contribution is 0.225. The van der Waals surface area contributed by atoms with E-state index in [1.165, 1.54) is 226 Å². The van der Waals surface area contributed by atoms with Gasteiger partial charge in [0, 0.05) is 10.8 Å². The molecule has 2 unspecified atom stereocenters. The minimum absolute atomic E-state index is 0.617. The van der Waals surface area contributed by atoms with Crippen molar-refractivity contribution in [1.82, 2.24) is 0 Å². The maximum absolute atomic E-state index is 7.04. The molecule has 2 nitrogen and oxygen atoms in total. The van der Waals surface area contributed by atoms with Crippen molar-refractivity contribution in [2.24, 2.45) is 11.8 Å². The summed E-state index contributed by atoms with van der Waals surface area (Å²) in [5, 5.41) is 2.44. The van der Waals surface area contributed by atoms with E-state index in [0.717, 1.165) is 32.3 Å². The fraction of sp³-hybridized carbons (Fsp3) is 0.800. The Morgan fingerprint density at radius 2 is 0.643 bits per heavy atom. The molecule has 2 aromatic heterocycles. The predicted octanol–water partition coefficient (Wildman–Crippen LogP) is 20.2. The van der Waals surface area contributed by atoms with Crippen molar-refractivity contribution in [2.75, 3.05) is 13.2 Å². The Morgan fingerprint density at radius 3 is 0.911 bits per heavy atom. The number of halogens is 2. The number of unbranched alkanes of at least 4 members (excludes halogenated alkanes) is 24. The summed E-state index contributed by atoms with van der Waals surface area (Å²) in [6.07, 6.45) is 43.6. The summed E-state index contributed by atoms with van der Waals surface area (Å²) in [6.45, 7) is 10.9. The standard InChI is InChI=1S/C50H84Br2O2S2/c1-5-9-13-17-21-23-27-31-35-41(33-29-25-19-15-11-7-3)39-53-47-43-37-45(51)56-50(43)48(44-38-46(52)55-49(44)47)54-40-42(34-30-26-20-16-12-8-4)36-32-28-24-22-18-14-10-6-2/h37-38,41-42H,5-36,39-40H2,1-4H3. The number of ether oxygens (including phenoxy) is 2. The minimum atomic E-state index is 0.617. The third-order valence-electron chi connectivity index (χ3n) is 12.1. The van der Waals surface area contributed by atoms with Crippen molar-refractivity contribution < 1.29 is 9.47 Å². The van der Waals surface area contributed by atoms with Crippen molar-refractivity contribution in [3.05, 3.63) is 19.7 Å². The van der Waals surface area contributed by atoms with Crippen LogP contribution in [0.5, 0.6) is 11.5 Å². The van der Waals surface area contributed by atoms with Crippen LogP contribution in [-0.4, -0.2) is 13.2 Å². The molecule has 0 spiro atoms. The van der Waals surface area contributed by atoms with E-state index in [9.17, 15) is 0 Å². The number of benzene rings is 1. The second-order valence-corrected chi connectivity index (χ2v) is 22.1. The van der Waals surface area contributed by atoms with Gasteiger partial charge in [0.25, 0.3) is 0 Å². The van der Waals surface area contributed by atoms with E-state index in [2.05, 4.69) is 71.7 Å². The zero-order chi connectivity index (χ0) is 40.1. The Kier molecular flexibility index (Phi) is 29.0. The highest BCUT2D eigenvalue weighted by Crippen LogP contribution is 2.51. The molecule has 0 fully saturated rings. The van der Waals surface area contributed by atoms with Crippen LogP contribution in [0.15, 0.2) is 19.7 Å².